The van der Waals surface area contributed by atoms with Gasteiger partial charge in [0.25, 0.3) is 0 Å². The number of nitrogens with zero attached hydrogens (tertiary/aromatic N) is 2. The lowest BCUT2D eigenvalue weighted by molar-refractivity contribution is 0.0490. The zero-order valence-corrected chi connectivity index (χ0v) is 14.5. The van der Waals surface area contributed by atoms with Gasteiger partial charge in [-0.15, -0.1) is 0 Å². The van der Waals surface area contributed by atoms with Crippen LogP contribution in [0.25, 0.3) is 0 Å². The van der Waals surface area contributed by atoms with Crippen molar-refractivity contribution in [3.63, 3.8) is 0 Å². The Morgan fingerprint density at radius 1 is 1.35 bits per heavy atom. The lowest BCUT2D eigenvalue weighted by atomic mass is 9.87. The van der Waals surface area contributed by atoms with Crippen LogP contribution < -0.4 is 0 Å². The largest absolute Gasteiger partial charge is 0.448 e. The second kappa shape index (κ2) is 8.52. The molecule has 0 radical (unpaired) electrons. The van der Waals surface area contributed by atoms with Crippen molar-refractivity contribution in [3.05, 3.63) is 34.9 Å². The van der Waals surface area contributed by atoms with E-state index in [0.29, 0.717) is 11.6 Å². The molecule has 5 nitrogen and oxygen atoms in total. The molecule has 1 saturated heterocycles. The summed E-state index contributed by atoms with van der Waals surface area (Å²) in [5.41, 5.74) is 0.924. The van der Waals surface area contributed by atoms with Crippen LogP contribution >= 0.6 is 11.6 Å². The van der Waals surface area contributed by atoms with Gasteiger partial charge in [-0.2, -0.15) is 0 Å². The minimum absolute atomic E-state index is 0.261. The highest BCUT2D eigenvalue weighted by atomic mass is 35.5. The van der Waals surface area contributed by atoms with Crippen molar-refractivity contribution in [2.24, 2.45) is 5.92 Å². The Morgan fingerprint density at radius 3 is 2.52 bits per heavy atom. The van der Waals surface area contributed by atoms with Crippen LogP contribution in [-0.4, -0.2) is 61.3 Å². The van der Waals surface area contributed by atoms with Crippen molar-refractivity contribution in [2.75, 3.05) is 40.3 Å². The van der Waals surface area contributed by atoms with Crippen LogP contribution in [0.2, 0.25) is 5.02 Å². The van der Waals surface area contributed by atoms with Gasteiger partial charge in [0.15, 0.2) is 0 Å². The van der Waals surface area contributed by atoms with Gasteiger partial charge in [-0.05, 0) is 49.5 Å². The smallest absolute Gasteiger partial charge is 0.409 e. The van der Waals surface area contributed by atoms with Gasteiger partial charge in [-0.1, -0.05) is 23.7 Å². The number of halogens is 1. The molecular formula is C17H25ClN2O3. The van der Waals surface area contributed by atoms with Gasteiger partial charge < -0.3 is 14.7 Å². The zero-order chi connectivity index (χ0) is 16.8. The van der Waals surface area contributed by atoms with E-state index < -0.39 is 6.10 Å². The van der Waals surface area contributed by atoms with Crippen molar-refractivity contribution >= 4 is 17.7 Å². The Balaban J connectivity index is 1.73. The van der Waals surface area contributed by atoms with E-state index >= 15 is 0 Å². The minimum atomic E-state index is -0.444. The summed E-state index contributed by atoms with van der Waals surface area (Å²) in [6.07, 6.45) is 1.12. The number of likely N-dealkylation sites (tertiary alicyclic amines) is 1. The molecule has 0 aliphatic carbocycles. The zero-order valence-electron chi connectivity index (χ0n) is 13.7. The number of carbonyl (C=O) groups excluding carboxylic acids is 1. The minimum Gasteiger partial charge on any atom is -0.448 e. The molecule has 1 N–H and O–H groups in total. The van der Waals surface area contributed by atoms with Crippen LogP contribution in [0.3, 0.4) is 0 Å². The van der Waals surface area contributed by atoms with Crippen LogP contribution in [0.5, 0.6) is 0 Å². The topological polar surface area (TPSA) is 53.0 Å². The molecule has 0 unspecified atom stereocenters. The number of piperidine rings is 1. The average Bonchev–Trinajstić information content (AvgIpc) is 2.55. The third-order valence-electron chi connectivity index (χ3n) is 4.29. The van der Waals surface area contributed by atoms with Gasteiger partial charge in [0.05, 0.1) is 6.10 Å². The number of amides is 1. The molecule has 1 aliphatic rings. The third kappa shape index (κ3) is 5.37. The van der Waals surface area contributed by atoms with E-state index in [1.165, 1.54) is 4.90 Å². The average molecular weight is 341 g/mol. The SMILES string of the molecule is CN(C)C(=O)OCCN1CCC([C@@H](O)c2ccc(Cl)cc2)CC1. The summed E-state index contributed by atoms with van der Waals surface area (Å²) < 4.78 is 5.14. The molecule has 23 heavy (non-hydrogen) atoms. The molecule has 1 heterocycles. The first-order chi connectivity index (χ1) is 11.0. The predicted octanol–water partition coefficient (Wildman–Crippen LogP) is 2.78. The van der Waals surface area contributed by atoms with Gasteiger partial charge in [0, 0.05) is 25.7 Å². The highest BCUT2D eigenvalue weighted by molar-refractivity contribution is 6.30. The van der Waals surface area contributed by atoms with E-state index in [0.717, 1.165) is 38.0 Å². The predicted molar refractivity (Wildman–Crippen MR) is 90.6 cm³/mol. The second-order valence-corrected chi connectivity index (χ2v) is 6.62. The highest BCUT2D eigenvalue weighted by Crippen LogP contribution is 2.31. The quantitative estimate of drug-likeness (QED) is 0.895. The Kier molecular flexibility index (Phi) is 6.69. The summed E-state index contributed by atoms with van der Waals surface area (Å²) in [5.74, 6) is 0.261. The summed E-state index contributed by atoms with van der Waals surface area (Å²) in [5, 5.41) is 11.2. The van der Waals surface area contributed by atoms with Gasteiger partial charge in [0.1, 0.15) is 6.61 Å². The Morgan fingerprint density at radius 2 is 1.96 bits per heavy atom. The van der Waals surface area contributed by atoms with Crippen LogP contribution in [0.15, 0.2) is 24.3 Å². The number of benzene rings is 1. The third-order valence-corrected chi connectivity index (χ3v) is 4.54. The van der Waals surface area contributed by atoms with E-state index in [1.807, 2.05) is 24.3 Å². The second-order valence-electron chi connectivity index (χ2n) is 6.18. The fraction of sp³-hybridized carbons (Fsp3) is 0.588. The van der Waals surface area contributed by atoms with Gasteiger partial charge >= 0.3 is 6.09 Å². The Bertz CT molecular complexity index is 499. The molecule has 0 saturated carbocycles. The van der Waals surface area contributed by atoms with E-state index in [4.69, 9.17) is 16.3 Å². The molecule has 1 aliphatic heterocycles. The molecule has 6 heteroatoms. The van der Waals surface area contributed by atoms with Gasteiger partial charge in [-0.25, -0.2) is 4.79 Å². The summed E-state index contributed by atoms with van der Waals surface area (Å²) >= 11 is 5.88. The Hall–Kier alpha value is -1.30. The normalized spacial score (nSPS) is 17.7. The van der Waals surface area contributed by atoms with Crippen LogP contribution in [0.4, 0.5) is 4.79 Å². The first-order valence-corrected chi connectivity index (χ1v) is 8.35. The Labute approximate surface area is 142 Å². The van der Waals surface area contributed by atoms with Gasteiger partial charge in [-0.3, -0.25) is 4.90 Å². The number of ether oxygens (including phenoxy) is 1. The first-order valence-electron chi connectivity index (χ1n) is 7.97. The standard InChI is InChI=1S/C17H25ClN2O3/c1-19(2)17(22)23-12-11-20-9-7-14(8-10-20)16(21)13-3-5-15(18)6-4-13/h3-6,14,16,21H,7-12H2,1-2H3/t16-/m0/s1. The number of carbonyl (C=O) groups is 1. The monoisotopic (exact) mass is 340 g/mol. The van der Waals surface area contributed by atoms with E-state index in [2.05, 4.69) is 4.90 Å². The molecule has 1 aromatic carbocycles. The van der Waals surface area contributed by atoms with Crippen molar-refractivity contribution in [1.29, 1.82) is 0 Å². The van der Waals surface area contributed by atoms with E-state index in [1.54, 1.807) is 14.1 Å². The van der Waals surface area contributed by atoms with Crippen LogP contribution in [0.1, 0.15) is 24.5 Å². The molecule has 1 atom stereocenters. The summed E-state index contributed by atoms with van der Waals surface area (Å²) in [4.78, 5) is 15.0. The van der Waals surface area contributed by atoms with Crippen molar-refractivity contribution in [3.8, 4) is 0 Å². The molecule has 2 rings (SSSR count). The van der Waals surface area contributed by atoms with Crippen LogP contribution in [-0.2, 0) is 4.74 Å². The molecule has 0 spiro atoms. The maximum atomic E-state index is 11.3. The summed E-state index contributed by atoms with van der Waals surface area (Å²) in [7, 11) is 3.35. The molecular weight excluding hydrogens is 316 g/mol. The molecule has 1 amide bonds. The van der Waals surface area contributed by atoms with Gasteiger partial charge in [0.2, 0.25) is 0 Å². The fourth-order valence-corrected chi connectivity index (χ4v) is 2.94. The lowest BCUT2D eigenvalue weighted by Crippen LogP contribution is -2.38. The first kappa shape index (κ1) is 18.0. The van der Waals surface area contributed by atoms with Crippen LogP contribution in [0, 0.1) is 5.92 Å². The maximum Gasteiger partial charge on any atom is 0.409 e. The van der Waals surface area contributed by atoms with Crippen molar-refractivity contribution < 1.29 is 14.6 Å². The number of hydrogen-bond donors (Lipinski definition) is 1. The number of aliphatic hydroxyl groups excluding tert-OH is 1. The molecule has 128 valence electrons. The number of rotatable bonds is 5. The molecule has 0 aromatic heterocycles. The van der Waals surface area contributed by atoms with Crippen molar-refractivity contribution in [1.82, 2.24) is 9.80 Å². The molecule has 1 fully saturated rings. The number of hydrogen-bond acceptors (Lipinski definition) is 4. The number of aliphatic hydroxyl groups is 1. The van der Waals surface area contributed by atoms with E-state index in [-0.39, 0.29) is 12.0 Å². The maximum absolute atomic E-state index is 11.3. The van der Waals surface area contributed by atoms with Crippen molar-refractivity contribution in [2.45, 2.75) is 18.9 Å². The lowest BCUT2D eigenvalue weighted by Gasteiger charge is -2.34. The molecule has 0 bridgehead atoms. The van der Waals surface area contributed by atoms with E-state index in [9.17, 15) is 9.90 Å². The summed E-state index contributed by atoms with van der Waals surface area (Å²) in [6, 6.07) is 7.41. The highest BCUT2D eigenvalue weighted by Gasteiger charge is 2.26. The molecule has 1 aromatic rings. The summed E-state index contributed by atoms with van der Waals surface area (Å²) in [6.45, 7) is 2.97. The fourth-order valence-electron chi connectivity index (χ4n) is 2.82.